The van der Waals surface area contributed by atoms with Crippen molar-refractivity contribution in [1.82, 2.24) is 10.6 Å². The van der Waals surface area contributed by atoms with Gasteiger partial charge >= 0.3 is 0 Å². The lowest BCUT2D eigenvalue weighted by Gasteiger charge is -2.23. The Kier molecular flexibility index (Phi) is 3.49. The van der Waals surface area contributed by atoms with Crippen molar-refractivity contribution in [1.29, 1.82) is 0 Å². The molecule has 2 rings (SSSR count). The van der Waals surface area contributed by atoms with E-state index in [0.29, 0.717) is 13.0 Å². The number of hydrogen-bond acceptors (Lipinski definition) is 4. The lowest BCUT2D eigenvalue weighted by atomic mass is 9.98. The number of carbonyl (C=O) groups is 1. The summed E-state index contributed by atoms with van der Waals surface area (Å²) in [6.07, 6.45) is 2.48. The second-order valence-corrected chi connectivity index (χ2v) is 6.88. The molecule has 92 valence electrons. The summed E-state index contributed by atoms with van der Waals surface area (Å²) >= 11 is 0. The summed E-state index contributed by atoms with van der Waals surface area (Å²) < 4.78 is 22.5. The molecule has 2 N–H and O–H groups in total. The largest absolute Gasteiger partial charge is 0.352 e. The zero-order valence-corrected chi connectivity index (χ0v) is 10.1. The molecule has 1 amide bonds. The Hall–Kier alpha value is -0.620. The van der Waals surface area contributed by atoms with Crippen LogP contribution in [0, 0.1) is 5.92 Å². The smallest absolute Gasteiger partial charge is 0.224 e. The fourth-order valence-corrected chi connectivity index (χ4v) is 3.98. The summed E-state index contributed by atoms with van der Waals surface area (Å²) in [5, 5.41) is 6.02. The minimum atomic E-state index is -2.90. The first-order valence-corrected chi connectivity index (χ1v) is 7.60. The van der Waals surface area contributed by atoms with Gasteiger partial charge in [-0.2, -0.15) is 0 Å². The molecule has 0 aromatic rings. The first-order valence-electron chi connectivity index (χ1n) is 5.78. The Morgan fingerprint density at radius 3 is 2.69 bits per heavy atom. The first-order chi connectivity index (χ1) is 7.57. The van der Waals surface area contributed by atoms with Crippen LogP contribution in [0.2, 0.25) is 0 Å². The molecule has 2 aliphatic heterocycles. The van der Waals surface area contributed by atoms with Crippen LogP contribution in [-0.4, -0.2) is 45.0 Å². The van der Waals surface area contributed by atoms with Crippen LogP contribution in [0.15, 0.2) is 0 Å². The van der Waals surface area contributed by atoms with E-state index in [0.717, 1.165) is 19.4 Å². The predicted octanol–water partition coefficient (Wildman–Crippen LogP) is -0.711. The molecule has 0 spiro atoms. The third-order valence-corrected chi connectivity index (χ3v) is 5.01. The number of sulfone groups is 1. The molecule has 2 saturated heterocycles. The van der Waals surface area contributed by atoms with Gasteiger partial charge < -0.3 is 10.6 Å². The number of rotatable bonds is 2. The minimum absolute atomic E-state index is 0.00861. The molecule has 2 aliphatic rings. The molecular formula is C10H18N2O3S. The van der Waals surface area contributed by atoms with E-state index in [1.165, 1.54) is 0 Å². The summed E-state index contributed by atoms with van der Waals surface area (Å²) in [4.78, 5) is 11.8. The van der Waals surface area contributed by atoms with Gasteiger partial charge in [-0.1, -0.05) is 0 Å². The third kappa shape index (κ3) is 2.95. The van der Waals surface area contributed by atoms with Crippen LogP contribution < -0.4 is 10.6 Å². The molecule has 6 heteroatoms. The van der Waals surface area contributed by atoms with Gasteiger partial charge in [-0.05, 0) is 25.8 Å². The first kappa shape index (κ1) is 11.9. The van der Waals surface area contributed by atoms with Gasteiger partial charge in [-0.3, -0.25) is 4.79 Å². The highest BCUT2D eigenvalue weighted by atomic mass is 32.2. The van der Waals surface area contributed by atoms with Crippen LogP contribution in [0.25, 0.3) is 0 Å². The quantitative estimate of drug-likeness (QED) is 0.675. The molecule has 2 atom stereocenters. The van der Waals surface area contributed by atoms with Crippen LogP contribution >= 0.6 is 0 Å². The summed E-state index contributed by atoms with van der Waals surface area (Å²) in [5.74, 6) is 0.339. The van der Waals surface area contributed by atoms with Gasteiger partial charge in [0.1, 0.15) is 0 Å². The maximum Gasteiger partial charge on any atom is 0.224 e. The zero-order valence-electron chi connectivity index (χ0n) is 9.24. The van der Waals surface area contributed by atoms with E-state index in [9.17, 15) is 13.2 Å². The van der Waals surface area contributed by atoms with E-state index in [1.54, 1.807) is 0 Å². The van der Waals surface area contributed by atoms with E-state index in [4.69, 9.17) is 0 Å². The van der Waals surface area contributed by atoms with Crippen molar-refractivity contribution in [3.05, 3.63) is 0 Å². The maximum atomic E-state index is 11.8. The highest BCUT2D eigenvalue weighted by Crippen LogP contribution is 2.14. The number of piperidine rings is 1. The van der Waals surface area contributed by atoms with Crippen LogP contribution in [0.5, 0.6) is 0 Å². The lowest BCUT2D eigenvalue weighted by Crippen LogP contribution is -2.44. The summed E-state index contributed by atoms with van der Waals surface area (Å²) in [5.41, 5.74) is 0. The highest BCUT2D eigenvalue weighted by molar-refractivity contribution is 7.91. The van der Waals surface area contributed by atoms with Gasteiger partial charge in [-0.15, -0.1) is 0 Å². The maximum absolute atomic E-state index is 11.8. The molecule has 0 radical (unpaired) electrons. The Morgan fingerprint density at radius 1 is 1.31 bits per heavy atom. The second kappa shape index (κ2) is 4.71. The number of nitrogens with one attached hydrogen (secondary N) is 2. The monoisotopic (exact) mass is 246 g/mol. The normalized spacial score (nSPS) is 33.5. The van der Waals surface area contributed by atoms with Crippen LogP contribution in [0.1, 0.15) is 19.3 Å². The minimum Gasteiger partial charge on any atom is -0.352 e. The van der Waals surface area contributed by atoms with Crippen molar-refractivity contribution in [2.24, 2.45) is 5.92 Å². The molecule has 0 aliphatic carbocycles. The Bertz CT molecular complexity index is 360. The standard InChI is InChI=1S/C10H18N2O3S/c13-10(8-2-1-4-11-6-8)12-9-3-5-16(14,15)7-9/h8-9,11H,1-7H2,(H,12,13). The van der Waals surface area contributed by atoms with Crippen molar-refractivity contribution in [2.75, 3.05) is 24.6 Å². The molecule has 0 bridgehead atoms. The van der Waals surface area contributed by atoms with Crippen molar-refractivity contribution < 1.29 is 13.2 Å². The fraction of sp³-hybridized carbons (Fsp3) is 0.900. The van der Waals surface area contributed by atoms with E-state index < -0.39 is 9.84 Å². The van der Waals surface area contributed by atoms with Gasteiger partial charge in [-0.25, -0.2) is 8.42 Å². The van der Waals surface area contributed by atoms with Gasteiger partial charge in [0.05, 0.1) is 17.4 Å². The summed E-state index contributed by atoms with van der Waals surface area (Å²) in [6.45, 7) is 1.69. The van der Waals surface area contributed by atoms with Gasteiger partial charge in [0.25, 0.3) is 0 Å². The van der Waals surface area contributed by atoms with Crippen molar-refractivity contribution >= 4 is 15.7 Å². The molecule has 2 fully saturated rings. The zero-order chi connectivity index (χ0) is 11.6. The average Bonchev–Trinajstić information content (AvgIpc) is 2.59. The molecule has 0 aromatic carbocycles. The van der Waals surface area contributed by atoms with E-state index >= 15 is 0 Å². The van der Waals surface area contributed by atoms with Crippen LogP contribution in [0.4, 0.5) is 0 Å². The number of amides is 1. The third-order valence-electron chi connectivity index (χ3n) is 3.25. The summed E-state index contributed by atoms with van der Waals surface area (Å²) in [6, 6.07) is -0.167. The summed E-state index contributed by atoms with van der Waals surface area (Å²) in [7, 11) is -2.90. The molecule has 16 heavy (non-hydrogen) atoms. The van der Waals surface area contributed by atoms with Crippen LogP contribution in [0.3, 0.4) is 0 Å². The van der Waals surface area contributed by atoms with E-state index in [-0.39, 0.29) is 29.4 Å². The molecule has 5 nitrogen and oxygen atoms in total. The Morgan fingerprint density at radius 2 is 2.12 bits per heavy atom. The van der Waals surface area contributed by atoms with E-state index in [2.05, 4.69) is 10.6 Å². The van der Waals surface area contributed by atoms with E-state index in [1.807, 2.05) is 0 Å². The lowest BCUT2D eigenvalue weighted by molar-refractivity contribution is -0.126. The van der Waals surface area contributed by atoms with Crippen molar-refractivity contribution in [3.8, 4) is 0 Å². The SMILES string of the molecule is O=C(NC1CCS(=O)(=O)C1)C1CCCNC1. The van der Waals surface area contributed by atoms with Crippen molar-refractivity contribution in [2.45, 2.75) is 25.3 Å². The van der Waals surface area contributed by atoms with Crippen LogP contribution in [-0.2, 0) is 14.6 Å². The predicted molar refractivity (Wildman–Crippen MR) is 60.8 cm³/mol. The fourth-order valence-electron chi connectivity index (χ4n) is 2.30. The van der Waals surface area contributed by atoms with Gasteiger partial charge in [0.15, 0.2) is 9.84 Å². The topological polar surface area (TPSA) is 75.3 Å². The number of carbonyl (C=O) groups excluding carboxylic acids is 1. The van der Waals surface area contributed by atoms with Gasteiger partial charge in [0, 0.05) is 12.6 Å². The van der Waals surface area contributed by atoms with Gasteiger partial charge in [0.2, 0.25) is 5.91 Å². The molecule has 2 unspecified atom stereocenters. The molecular weight excluding hydrogens is 228 g/mol. The molecule has 0 saturated carbocycles. The Labute approximate surface area is 95.9 Å². The van der Waals surface area contributed by atoms with Crippen molar-refractivity contribution in [3.63, 3.8) is 0 Å². The average molecular weight is 246 g/mol. The highest BCUT2D eigenvalue weighted by Gasteiger charge is 2.31. The number of hydrogen-bond donors (Lipinski definition) is 2. The molecule has 2 heterocycles. The second-order valence-electron chi connectivity index (χ2n) is 4.65. The molecule has 0 aromatic heterocycles. The Balaban J connectivity index is 1.83.